The third kappa shape index (κ3) is 4.20. The predicted molar refractivity (Wildman–Crippen MR) is 104 cm³/mol. The van der Waals surface area contributed by atoms with Crippen LogP contribution in [0.2, 0.25) is 0 Å². The Morgan fingerprint density at radius 3 is 2.83 bits per heavy atom. The number of likely N-dealkylation sites (tertiary alicyclic amines) is 1. The van der Waals surface area contributed by atoms with Crippen LogP contribution in [0.4, 0.5) is 13.2 Å². The maximum absolute atomic E-state index is 13.5. The van der Waals surface area contributed by atoms with Gasteiger partial charge in [0.05, 0.1) is 10.6 Å². The monoisotopic (exact) mass is 436 g/mol. The largest absolute Gasteiger partial charge is 0.433 e. The van der Waals surface area contributed by atoms with E-state index in [9.17, 15) is 18.0 Å². The summed E-state index contributed by atoms with van der Waals surface area (Å²) in [6.07, 6.45) is -0.477. The number of hydrogen-bond acceptors (Lipinski definition) is 6. The first-order valence-corrected chi connectivity index (χ1v) is 10.3. The highest BCUT2D eigenvalue weighted by atomic mass is 32.1. The number of amides is 1. The molecule has 1 aliphatic heterocycles. The topological polar surface area (TPSA) is 76.8 Å². The normalized spacial score (nSPS) is 18.4. The average Bonchev–Trinajstić information content (AvgIpc) is 3.46. The van der Waals surface area contributed by atoms with E-state index in [1.54, 1.807) is 29.3 Å². The van der Waals surface area contributed by atoms with Crippen LogP contribution in [0.5, 0.6) is 0 Å². The minimum Gasteiger partial charge on any atom is -0.340 e. The fraction of sp³-hybridized carbons (Fsp3) is 0.421. The zero-order valence-electron chi connectivity index (χ0n) is 16.1. The van der Waals surface area contributed by atoms with E-state index in [4.69, 9.17) is 0 Å². The van der Waals surface area contributed by atoms with Crippen molar-refractivity contribution in [2.45, 2.75) is 37.9 Å². The second-order valence-electron chi connectivity index (χ2n) is 7.15. The van der Waals surface area contributed by atoms with Gasteiger partial charge in [-0.3, -0.25) is 4.79 Å². The molecule has 0 unspecified atom stereocenters. The molecular weight excluding hydrogens is 417 g/mol. The second kappa shape index (κ2) is 8.13. The molecule has 1 fully saturated rings. The Hall–Kier alpha value is -2.82. The van der Waals surface area contributed by atoms with E-state index in [-0.39, 0.29) is 29.9 Å². The first kappa shape index (κ1) is 20.5. The Labute approximate surface area is 174 Å². The van der Waals surface area contributed by atoms with E-state index in [0.717, 1.165) is 6.07 Å². The van der Waals surface area contributed by atoms with Crippen LogP contribution in [0, 0.1) is 0 Å². The van der Waals surface area contributed by atoms with Crippen LogP contribution in [-0.2, 0) is 11.0 Å². The third-order valence-corrected chi connectivity index (χ3v) is 5.99. The smallest absolute Gasteiger partial charge is 0.340 e. The lowest BCUT2D eigenvalue weighted by Crippen LogP contribution is -2.42. The Bertz CT molecular complexity index is 1010. The van der Waals surface area contributed by atoms with Crippen LogP contribution >= 0.6 is 11.3 Å². The van der Waals surface area contributed by atoms with E-state index in [1.165, 1.54) is 28.7 Å². The zero-order chi connectivity index (χ0) is 21.3. The number of carbonyl (C=O) groups is 1. The molecule has 1 aliphatic rings. The first-order chi connectivity index (χ1) is 14.3. The molecule has 158 valence electrons. The molecule has 11 heteroatoms. The van der Waals surface area contributed by atoms with Crippen molar-refractivity contribution >= 4 is 17.2 Å². The molecule has 4 heterocycles. The third-order valence-electron chi connectivity index (χ3n) is 5.10. The summed E-state index contributed by atoms with van der Waals surface area (Å²) in [5, 5.41) is 5.79. The van der Waals surface area contributed by atoms with Gasteiger partial charge in [-0.05, 0) is 37.3 Å². The van der Waals surface area contributed by atoms with E-state index in [0.29, 0.717) is 24.3 Å². The SMILES string of the molecule is C[C@@H](C(=O)N1CCC[C@H](c2nc(-c3cccs3)cc(C(F)(F)F)n2)C1)n1cncn1. The summed E-state index contributed by atoms with van der Waals surface area (Å²) in [6.45, 7) is 2.52. The number of alkyl halides is 3. The van der Waals surface area contributed by atoms with Crippen molar-refractivity contribution in [2.24, 2.45) is 0 Å². The molecule has 4 rings (SSSR count). The van der Waals surface area contributed by atoms with Crippen LogP contribution in [0.1, 0.15) is 43.2 Å². The van der Waals surface area contributed by atoms with Gasteiger partial charge in [-0.15, -0.1) is 11.3 Å². The molecule has 2 atom stereocenters. The molecule has 0 spiro atoms. The Morgan fingerprint density at radius 1 is 1.33 bits per heavy atom. The maximum atomic E-state index is 13.5. The second-order valence-corrected chi connectivity index (χ2v) is 8.09. The number of thiophene rings is 1. The molecule has 3 aromatic rings. The molecule has 7 nitrogen and oxygen atoms in total. The van der Waals surface area contributed by atoms with Crippen molar-refractivity contribution in [2.75, 3.05) is 13.1 Å². The van der Waals surface area contributed by atoms with Crippen molar-refractivity contribution in [1.29, 1.82) is 0 Å². The summed E-state index contributed by atoms with van der Waals surface area (Å²) in [5.74, 6) is -0.401. The molecule has 0 radical (unpaired) electrons. The number of hydrogen-bond donors (Lipinski definition) is 0. The number of nitrogens with zero attached hydrogens (tertiary/aromatic N) is 6. The molecule has 3 aromatic heterocycles. The van der Waals surface area contributed by atoms with Crippen LogP contribution in [-0.4, -0.2) is 48.6 Å². The zero-order valence-corrected chi connectivity index (χ0v) is 16.9. The summed E-state index contributed by atoms with van der Waals surface area (Å²) in [7, 11) is 0. The minimum absolute atomic E-state index is 0.124. The number of halogens is 3. The minimum atomic E-state index is -4.57. The first-order valence-electron chi connectivity index (χ1n) is 9.46. The molecule has 0 bridgehead atoms. The molecule has 0 N–H and O–H groups in total. The highest BCUT2D eigenvalue weighted by molar-refractivity contribution is 7.13. The quantitative estimate of drug-likeness (QED) is 0.622. The van der Waals surface area contributed by atoms with E-state index >= 15 is 0 Å². The van der Waals surface area contributed by atoms with Crippen molar-refractivity contribution in [3.05, 3.63) is 47.8 Å². The fourth-order valence-corrected chi connectivity index (χ4v) is 4.21. The maximum Gasteiger partial charge on any atom is 0.433 e. The van der Waals surface area contributed by atoms with Gasteiger partial charge in [0.25, 0.3) is 0 Å². The van der Waals surface area contributed by atoms with Gasteiger partial charge < -0.3 is 4.90 Å². The van der Waals surface area contributed by atoms with E-state index in [1.807, 2.05) is 0 Å². The molecule has 0 aromatic carbocycles. The predicted octanol–water partition coefficient (Wildman–Crippen LogP) is 3.78. The van der Waals surface area contributed by atoms with E-state index < -0.39 is 17.9 Å². The highest BCUT2D eigenvalue weighted by Gasteiger charge is 2.36. The molecule has 0 aliphatic carbocycles. The summed E-state index contributed by atoms with van der Waals surface area (Å²) >= 11 is 1.32. The number of aromatic nitrogens is 5. The van der Waals surface area contributed by atoms with Gasteiger partial charge in [0.2, 0.25) is 5.91 Å². The lowest BCUT2D eigenvalue weighted by molar-refractivity contribution is -0.141. The van der Waals surface area contributed by atoms with Crippen molar-refractivity contribution in [3.63, 3.8) is 0 Å². The van der Waals surface area contributed by atoms with Crippen LogP contribution < -0.4 is 0 Å². The molecule has 0 saturated carbocycles. The van der Waals surface area contributed by atoms with Crippen LogP contribution in [0.25, 0.3) is 10.6 Å². The number of rotatable bonds is 4. The summed E-state index contributed by atoms with van der Waals surface area (Å²) in [6, 6.07) is 3.93. The van der Waals surface area contributed by atoms with Gasteiger partial charge in [-0.25, -0.2) is 19.6 Å². The standard InChI is InChI=1S/C19H19F3N6OS/c1-12(28-11-23-10-24-28)18(29)27-6-2-4-13(9-27)17-25-14(15-5-3-7-30-15)8-16(26-17)19(20,21)22/h3,5,7-8,10-13H,2,4,6,9H2,1H3/t12-,13-/m0/s1. The summed E-state index contributed by atoms with van der Waals surface area (Å²) in [4.78, 5) is 27.3. The lowest BCUT2D eigenvalue weighted by Gasteiger charge is -2.33. The van der Waals surface area contributed by atoms with Gasteiger partial charge in [-0.2, -0.15) is 18.3 Å². The molecule has 30 heavy (non-hydrogen) atoms. The number of piperidine rings is 1. The van der Waals surface area contributed by atoms with Crippen molar-refractivity contribution in [3.8, 4) is 10.6 Å². The van der Waals surface area contributed by atoms with Crippen LogP contribution in [0.15, 0.2) is 36.2 Å². The van der Waals surface area contributed by atoms with Crippen LogP contribution in [0.3, 0.4) is 0 Å². The van der Waals surface area contributed by atoms with Gasteiger partial charge in [0, 0.05) is 19.0 Å². The van der Waals surface area contributed by atoms with Gasteiger partial charge in [0.1, 0.15) is 30.2 Å². The number of carbonyl (C=O) groups excluding carboxylic acids is 1. The lowest BCUT2D eigenvalue weighted by atomic mass is 9.96. The summed E-state index contributed by atoms with van der Waals surface area (Å²) < 4.78 is 41.8. The Balaban J connectivity index is 1.61. The van der Waals surface area contributed by atoms with Crippen molar-refractivity contribution < 1.29 is 18.0 Å². The van der Waals surface area contributed by atoms with Gasteiger partial charge in [-0.1, -0.05) is 6.07 Å². The Kier molecular flexibility index (Phi) is 5.54. The highest BCUT2D eigenvalue weighted by Crippen LogP contribution is 2.34. The van der Waals surface area contributed by atoms with Gasteiger partial charge in [0.15, 0.2) is 0 Å². The van der Waals surface area contributed by atoms with E-state index in [2.05, 4.69) is 20.1 Å². The van der Waals surface area contributed by atoms with Crippen molar-refractivity contribution in [1.82, 2.24) is 29.6 Å². The average molecular weight is 436 g/mol. The molecule has 1 amide bonds. The van der Waals surface area contributed by atoms with Gasteiger partial charge >= 0.3 is 6.18 Å². The fourth-order valence-electron chi connectivity index (χ4n) is 3.53. The summed E-state index contributed by atoms with van der Waals surface area (Å²) in [5.41, 5.74) is -0.711. The Morgan fingerprint density at radius 2 is 2.17 bits per heavy atom. The molecule has 1 saturated heterocycles. The molecular formula is C19H19F3N6OS.